The summed E-state index contributed by atoms with van der Waals surface area (Å²) in [5.41, 5.74) is 1.10. The molecule has 0 aliphatic carbocycles. The molecule has 0 atom stereocenters. The number of hydrogen-bond donors (Lipinski definition) is 0. The number of anilines is 1. The van der Waals surface area contributed by atoms with Crippen LogP contribution in [0.5, 0.6) is 0 Å². The maximum atomic E-state index is 11.4. The summed E-state index contributed by atoms with van der Waals surface area (Å²) in [6.45, 7) is 3.97. The van der Waals surface area contributed by atoms with Gasteiger partial charge in [-0.05, 0) is 19.1 Å². The lowest BCUT2D eigenvalue weighted by Gasteiger charge is -2.25. The molecule has 18 heavy (non-hydrogen) atoms. The quantitative estimate of drug-likeness (QED) is 0.736. The van der Waals surface area contributed by atoms with Gasteiger partial charge in [0.1, 0.15) is 0 Å². The zero-order valence-corrected chi connectivity index (χ0v) is 10.4. The molecule has 0 saturated carbocycles. The Hall–Kier alpha value is -2.10. The molecule has 2 rings (SSSR count). The number of likely N-dealkylation sites (N-methyl/N-ethyl adjacent to an activating group) is 1. The average molecular weight is 244 g/mol. The molecule has 0 aromatic heterocycles. The molecule has 1 aliphatic heterocycles. The van der Waals surface area contributed by atoms with Gasteiger partial charge in [-0.1, -0.05) is 18.2 Å². The predicted octanol–water partition coefficient (Wildman–Crippen LogP) is 1.44. The summed E-state index contributed by atoms with van der Waals surface area (Å²) >= 11 is 0. The zero-order chi connectivity index (χ0) is 13.0. The molecular formula is C14H16N2O2. The minimum absolute atomic E-state index is 0.218. The van der Waals surface area contributed by atoms with E-state index in [2.05, 4.69) is 11.8 Å². The van der Waals surface area contributed by atoms with Gasteiger partial charge in [0.2, 0.25) is 0 Å². The first kappa shape index (κ1) is 12.4. The van der Waals surface area contributed by atoms with Crippen LogP contribution in [0.4, 0.5) is 5.69 Å². The van der Waals surface area contributed by atoms with E-state index < -0.39 is 0 Å². The number of carbonyl (C=O) groups is 2. The van der Waals surface area contributed by atoms with Crippen molar-refractivity contribution in [1.29, 1.82) is 0 Å². The largest absolute Gasteiger partial charge is 0.370 e. The summed E-state index contributed by atoms with van der Waals surface area (Å²) in [7, 11) is 0. The Kier molecular flexibility index (Phi) is 3.77. The van der Waals surface area contributed by atoms with E-state index in [-0.39, 0.29) is 11.8 Å². The lowest BCUT2D eigenvalue weighted by molar-refractivity contribution is -0.136. The Morgan fingerprint density at radius 1 is 1.06 bits per heavy atom. The fraction of sp³-hybridized carbons (Fsp3) is 0.286. The summed E-state index contributed by atoms with van der Waals surface area (Å²) < 4.78 is 0. The number of para-hydroxylation sites is 1. The molecule has 0 saturated heterocycles. The molecule has 0 bridgehead atoms. The van der Waals surface area contributed by atoms with Gasteiger partial charge in [0.15, 0.2) is 0 Å². The van der Waals surface area contributed by atoms with Crippen LogP contribution in [0.15, 0.2) is 42.5 Å². The van der Waals surface area contributed by atoms with Crippen molar-refractivity contribution in [2.45, 2.75) is 6.92 Å². The number of carbonyl (C=O) groups excluding carboxylic acids is 2. The molecule has 4 nitrogen and oxygen atoms in total. The predicted molar refractivity (Wildman–Crippen MR) is 70.2 cm³/mol. The van der Waals surface area contributed by atoms with Crippen molar-refractivity contribution < 1.29 is 9.59 Å². The first-order valence-electron chi connectivity index (χ1n) is 6.06. The van der Waals surface area contributed by atoms with Crippen LogP contribution in [-0.4, -0.2) is 36.3 Å². The van der Waals surface area contributed by atoms with Gasteiger partial charge < -0.3 is 4.90 Å². The maximum absolute atomic E-state index is 11.4. The van der Waals surface area contributed by atoms with Crippen molar-refractivity contribution in [3.8, 4) is 0 Å². The van der Waals surface area contributed by atoms with E-state index in [0.717, 1.165) is 12.2 Å². The van der Waals surface area contributed by atoms with Crippen LogP contribution in [0.3, 0.4) is 0 Å². The highest BCUT2D eigenvalue weighted by Crippen LogP contribution is 2.13. The third-order valence-electron chi connectivity index (χ3n) is 3.00. The molecular weight excluding hydrogens is 228 g/mol. The molecule has 0 unspecified atom stereocenters. The molecule has 0 spiro atoms. The van der Waals surface area contributed by atoms with Crippen molar-refractivity contribution in [3.63, 3.8) is 0 Å². The van der Waals surface area contributed by atoms with Crippen LogP contribution < -0.4 is 4.90 Å². The van der Waals surface area contributed by atoms with Crippen molar-refractivity contribution in [3.05, 3.63) is 42.5 Å². The number of hydrogen-bond acceptors (Lipinski definition) is 3. The molecule has 1 aliphatic rings. The normalized spacial score (nSPS) is 14.4. The molecule has 4 heteroatoms. The molecule has 1 aromatic rings. The number of amides is 2. The summed E-state index contributed by atoms with van der Waals surface area (Å²) in [6, 6.07) is 9.97. The first-order valence-corrected chi connectivity index (χ1v) is 6.06. The Morgan fingerprint density at radius 2 is 1.67 bits per heavy atom. The van der Waals surface area contributed by atoms with Crippen LogP contribution in [0.2, 0.25) is 0 Å². The summed E-state index contributed by atoms with van der Waals surface area (Å²) in [5, 5.41) is 0. The molecule has 1 aromatic carbocycles. The van der Waals surface area contributed by atoms with Gasteiger partial charge in [-0.2, -0.15) is 0 Å². The van der Waals surface area contributed by atoms with Gasteiger partial charge in [-0.3, -0.25) is 14.5 Å². The van der Waals surface area contributed by atoms with Gasteiger partial charge in [0, 0.05) is 37.5 Å². The lowest BCUT2D eigenvalue weighted by Crippen LogP contribution is -2.38. The first-order chi connectivity index (χ1) is 8.72. The second-order valence-corrected chi connectivity index (χ2v) is 4.08. The Bertz CT molecular complexity index is 450. The van der Waals surface area contributed by atoms with E-state index in [0.29, 0.717) is 13.1 Å². The highest BCUT2D eigenvalue weighted by atomic mass is 16.2. The minimum Gasteiger partial charge on any atom is -0.370 e. The van der Waals surface area contributed by atoms with Crippen LogP contribution >= 0.6 is 0 Å². The van der Waals surface area contributed by atoms with E-state index in [1.165, 1.54) is 17.1 Å². The molecule has 0 fully saturated rings. The lowest BCUT2D eigenvalue weighted by atomic mass is 10.3. The second kappa shape index (κ2) is 5.49. The van der Waals surface area contributed by atoms with Gasteiger partial charge in [0.05, 0.1) is 0 Å². The number of rotatable bonds is 5. The zero-order valence-electron chi connectivity index (χ0n) is 10.4. The Morgan fingerprint density at radius 3 is 2.22 bits per heavy atom. The monoisotopic (exact) mass is 244 g/mol. The molecule has 1 heterocycles. The van der Waals surface area contributed by atoms with E-state index in [4.69, 9.17) is 0 Å². The second-order valence-electron chi connectivity index (χ2n) is 4.08. The van der Waals surface area contributed by atoms with E-state index >= 15 is 0 Å². The van der Waals surface area contributed by atoms with Crippen LogP contribution in [0.25, 0.3) is 0 Å². The van der Waals surface area contributed by atoms with Crippen LogP contribution in [0.1, 0.15) is 6.92 Å². The molecule has 0 radical (unpaired) electrons. The fourth-order valence-electron chi connectivity index (χ4n) is 1.98. The summed E-state index contributed by atoms with van der Waals surface area (Å²) in [4.78, 5) is 26.3. The Labute approximate surface area is 106 Å². The number of nitrogens with zero attached hydrogens (tertiary/aromatic N) is 2. The van der Waals surface area contributed by atoms with Crippen molar-refractivity contribution in [1.82, 2.24) is 4.90 Å². The van der Waals surface area contributed by atoms with Gasteiger partial charge in [-0.15, -0.1) is 0 Å². The summed E-state index contributed by atoms with van der Waals surface area (Å²) in [6.07, 6.45) is 2.64. The minimum atomic E-state index is -0.218. The van der Waals surface area contributed by atoms with E-state index in [1.54, 1.807) is 0 Å². The SMILES string of the molecule is CCN(CCN1C(=O)C=CC1=O)c1ccccc1. The summed E-state index contributed by atoms with van der Waals surface area (Å²) in [5.74, 6) is -0.437. The molecule has 94 valence electrons. The fourth-order valence-corrected chi connectivity index (χ4v) is 1.98. The Balaban J connectivity index is 1.96. The third kappa shape index (κ3) is 2.59. The maximum Gasteiger partial charge on any atom is 0.253 e. The molecule has 2 amide bonds. The van der Waals surface area contributed by atoms with E-state index in [9.17, 15) is 9.59 Å². The van der Waals surface area contributed by atoms with Gasteiger partial charge in [-0.25, -0.2) is 0 Å². The van der Waals surface area contributed by atoms with Gasteiger partial charge >= 0.3 is 0 Å². The van der Waals surface area contributed by atoms with Crippen LogP contribution in [0, 0.1) is 0 Å². The van der Waals surface area contributed by atoms with Crippen molar-refractivity contribution in [2.24, 2.45) is 0 Å². The topological polar surface area (TPSA) is 40.6 Å². The number of imide groups is 1. The standard InChI is InChI=1S/C14H16N2O2/c1-2-15(12-6-4-3-5-7-12)10-11-16-13(17)8-9-14(16)18/h3-9H,2,10-11H2,1H3. The smallest absolute Gasteiger partial charge is 0.253 e. The van der Waals surface area contributed by atoms with Crippen LogP contribution in [-0.2, 0) is 9.59 Å². The highest BCUT2D eigenvalue weighted by Gasteiger charge is 2.23. The molecule has 0 N–H and O–H groups in total. The van der Waals surface area contributed by atoms with E-state index in [1.807, 2.05) is 30.3 Å². The van der Waals surface area contributed by atoms with Gasteiger partial charge in [0.25, 0.3) is 11.8 Å². The highest BCUT2D eigenvalue weighted by molar-refractivity contribution is 6.12. The number of benzene rings is 1. The third-order valence-corrected chi connectivity index (χ3v) is 3.00. The average Bonchev–Trinajstić information content (AvgIpc) is 2.72. The van der Waals surface area contributed by atoms with Crippen molar-refractivity contribution in [2.75, 3.05) is 24.5 Å². The van der Waals surface area contributed by atoms with Crippen molar-refractivity contribution >= 4 is 17.5 Å².